The van der Waals surface area contributed by atoms with Gasteiger partial charge < -0.3 is 4.90 Å². The summed E-state index contributed by atoms with van der Waals surface area (Å²) in [6.07, 6.45) is 2.42. The Kier molecular flexibility index (Phi) is 6.79. The standard InChI is InChI=1S/C22H33N3O2/c1-7-9-14-25(19(26)15-22(4,5)6)16(3)20-23-18-13-11-10-12-17(18)21(27)24(20)8-2/h10-13,16H,7-9,14-15H2,1-6H3. The third-order valence-corrected chi connectivity index (χ3v) is 4.80. The van der Waals surface area contributed by atoms with Crippen molar-refractivity contribution < 1.29 is 4.79 Å². The van der Waals surface area contributed by atoms with E-state index in [-0.39, 0.29) is 22.9 Å². The first-order chi connectivity index (χ1) is 12.7. The van der Waals surface area contributed by atoms with E-state index in [9.17, 15) is 9.59 Å². The second-order valence-electron chi connectivity index (χ2n) is 8.39. The summed E-state index contributed by atoms with van der Waals surface area (Å²) in [7, 11) is 0. The molecule has 1 amide bonds. The molecule has 0 saturated heterocycles. The number of aromatic nitrogens is 2. The Morgan fingerprint density at radius 3 is 2.48 bits per heavy atom. The van der Waals surface area contributed by atoms with E-state index >= 15 is 0 Å². The molecular formula is C22H33N3O2. The van der Waals surface area contributed by atoms with Gasteiger partial charge in [-0.25, -0.2) is 4.98 Å². The monoisotopic (exact) mass is 371 g/mol. The molecule has 148 valence electrons. The van der Waals surface area contributed by atoms with Crippen molar-refractivity contribution in [3.63, 3.8) is 0 Å². The predicted octanol–water partition coefficient (Wildman–Crippen LogP) is 4.54. The van der Waals surface area contributed by atoms with Crippen molar-refractivity contribution in [2.75, 3.05) is 6.54 Å². The number of carbonyl (C=O) groups excluding carboxylic acids is 1. The van der Waals surface area contributed by atoms with Crippen LogP contribution in [0, 0.1) is 5.41 Å². The summed E-state index contributed by atoms with van der Waals surface area (Å²) in [5, 5.41) is 0.622. The van der Waals surface area contributed by atoms with Gasteiger partial charge in [-0.15, -0.1) is 0 Å². The maximum Gasteiger partial charge on any atom is 0.261 e. The molecule has 0 aliphatic rings. The quantitative estimate of drug-likeness (QED) is 0.718. The van der Waals surface area contributed by atoms with Gasteiger partial charge in [0.1, 0.15) is 5.82 Å². The van der Waals surface area contributed by atoms with E-state index in [0.29, 0.717) is 36.2 Å². The fraction of sp³-hybridized carbons (Fsp3) is 0.591. The predicted molar refractivity (Wildman–Crippen MR) is 111 cm³/mol. The molecule has 5 heteroatoms. The van der Waals surface area contributed by atoms with Gasteiger partial charge in [0.05, 0.1) is 16.9 Å². The summed E-state index contributed by atoms with van der Waals surface area (Å²) in [5.74, 6) is 0.785. The number of hydrogen-bond acceptors (Lipinski definition) is 3. The lowest BCUT2D eigenvalue weighted by Crippen LogP contribution is -2.39. The normalized spacial score (nSPS) is 13.0. The van der Waals surface area contributed by atoms with Gasteiger partial charge in [-0.3, -0.25) is 14.2 Å². The molecule has 1 aromatic heterocycles. The number of hydrogen-bond donors (Lipinski definition) is 0. The lowest BCUT2D eigenvalue weighted by atomic mass is 9.91. The van der Waals surface area contributed by atoms with E-state index < -0.39 is 0 Å². The highest BCUT2D eigenvalue weighted by atomic mass is 16.2. The van der Waals surface area contributed by atoms with Gasteiger partial charge in [0.25, 0.3) is 5.56 Å². The minimum atomic E-state index is -0.247. The number of para-hydroxylation sites is 1. The van der Waals surface area contributed by atoms with Gasteiger partial charge in [-0.2, -0.15) is 0 Å². The highest BCUT2D eigenvalue weighted by Crippen LogP contribution is 2.26. The number of carbonyl (C=O) groups is 1. The molecule has 5 nitrogen and oxygen atoms in total. The van der Waals surface area contributed by atoms with E-state index in [2.05, 4.69) is 27.7 Å². The van der Waals surface area contributed by atoms with Gasteiger partial charge in [0.2, 0.25) is 5.91 Å². The maximum atomic E-state index is 13.0. The van der Waals surface area contributed by atoms with Crippen LogP contribution in [0.25, 0.3) is 10.9 Å². The van der Waals surface area contributed by atoms with Crippen LogP contribution in [-0.4, -0.2) is 26.9 Å². The number of benzene rings is 1. The van der Waals surface area contributed by atoms with Crippen molar-refractivity contribution in [3.8, 4) is 0 Å². The average Bonchev–Trinajstić information content (AvgIpc) is 2.60. The molecule has 1 heterocycles. The molecule has 0 radical (unpaired) electrons. The Morgan fingerprint density at radius 2 is 1.89 bits per heavy atom. The molecule has 0 saturated carbocycles. The largest absolute Gasteiger partial charge is 0.333 e. The van der Waals surface area contributed by atoms with Crippen molar-refractivity contribution in [3.05, 3.63) is 40.4 Å². The Morgan fingerprint density at radius 1 is 1.22 bits per heavy atom. The Balaban J connectivity index is 2.51. The van der Waals surface area contributed by atoms with Crippen LogP contribution in [0.3, 0.4) is 0 Å². The first-order valence-corrected chi connectivity index (χ1v) is 9.98. The minimum absolute atomic E-state index is 0.0383. The third-order valence-electron chi connectivity index (χ3n) is 4.80. The van der Waals surface area contributed by atoms with Gasteiger partial charge in [0.15, 0.2) is 0 Å². The van der Waals surface area contributed by atoms with Crippen LogP contribution in [0.2, 0.25) is 0 Å². The second-order valence-corrected chi connectivity index (χ2v) is 8.39. The molecule has 0 aliphatic carbocycles. The van der Waals surface area contributed by atoms with Crippen molar-refractivity contribution in [1.29, 1.82) is 0 Å². The summed E-state index contributed by atoms with van der Waals surface area (Å²) in [6.45, 7) is 13.5. The zero-order chi connectivity index (χ0) is 20.2. The fourth-order valence-corrected chi connectivity index (χ4v) is 3.37. The second kappa shape index (κ2) is 8.68. The Labute approximate surface area is 162 Å². The molecule has 0 N–H and O–H groups in total. The van der Waals surface area contributed by atoms with Crippen LogP contribution in [0.1, 0.15) is 72.7 Å². The van der Waals surface area contributed by atoms with Gasteiger partial charge in [-0.05, 0) is 37.8 Å². The molecule has 0 spiro atoms. The number of nitrogens with zero attached hydrogens (tertiary/aromatic N) is 3. The molecule has 2 rings (SSSR count). The lowest BCUT2D eigenvalue weighted by molar-refractivity contribution is -0.135. The summed E-state index contributed by atoms with van der Waals surface area (Å²) >= 11 is 0. The summed E-state index contributed by atoms with van der Waals surface area (Å²) < 4.78 is 1.70. The minimum Gasteiger partial charge on any atom is -0.333 e. The Bertz CT molecular complexity index is 849. The van der Waals surface area contributed by atoms with Crippen LogP contribution in [0.4, 0.5) is 0 Å². The van der Waals surface area contributed by atoms with E-state index in [0.717, 1.165) is 12.8 Å². The summed E-state index contributed by atoms with van der Waals surface area (Å²) in [4.78, 5) is 32.7. The van der Waals surface area contributed by atoms with Crippen LogP contribution in [0.5, 0.6) is 0 Å². The van der Waals surface area contributed by atoms with E-state index in [1.54, 1.807) is 4.57 Å². The van der Waals surface area contributed by atoms with Crippen LogP contribution in [0.15, 0.2) is 29.1 Å². The number of unbranched alkanes of at least 4 members (excludes halogenated alkanes) is 1. The average molecular weight is 372 g/mol. The topological polar surface area (TPSA) is 55.2 Å². The first-order valence-electron chi connectivity index (χ1n) is 9.98. The smallest absolute Gasteiger partial charge is 0.261 e. The zero-order valence-electron chi connectivity index (χ0n) is 17.6. The van der Waals surface area contributed by atoms with Gasteiger partial charge >= 0.3 is 0 Å². The first kappa shape index (κ1) is 21.1. The van der Waals surface area contributed by atoms with Crippen LogP contribution in [-0.2, 0) is 11.3 Å². The molecule has 1 atom stereocenters. The molecular weight excluding hydrogens is 338 g/mol. The van der Waals surface area contributed by atoms with Gasteiger partial charge in [-0.1, -0.05) is 46.2 Å². The molecule has 0 fully saturated rings. The van der Waals surface area contributed by atoms with Crippen LogP contribution >= 0.6 is 0 Å². The van der Waals surface area contributed by atoms with Crippen molar-refractivity contribution >= 4 is 16.8 Å². The van der Waals surface area contributed by atoms with Crippen LogP contribution < -0.4 is 5.56 Å². The summed E-state index contributed by atoms with van der Waals surface area (Å²) in [5.41, 5.74) is 0.569. The maximum absolute atomic E-state index is 13.0. The SMILES string of the molecule is CCCCN(C(=O)CC(C)(C)C)C(C)c1nc2ccccc2c(=O)n1CC. The number of amides is 1. The zero-order valence-corrected chi connectivity index (χ0v) is 17.6. The molecule has 1 unspecified atom stereocenters. The summed E-state index contributed by atoms with van der Waals surface area (Å²) in [6, 6.07) is 7.17. The molecule has 0 aliphatic heterocycles. The fourth-order valence-electron chi connectivity index (χ4n) is 3.37. The van der Waals surface area contributed by atoms with E-state index in [1.165, 1.54) is 0 Å². The molecule has 27 heavy (non-hydrogen) atoms. The van der Waals surface area contributed by atoms with E-state index in [4.69, 9.17) is 4.98 Å². The van der Waals surface area contributed by atoms with E-state index in [1.807, 2.05) is 43.0 Å². The molecule has 2 aromatic rings. The number of fused-ring (bicyclic) bond motifs is 1. The molecule has 0 bridgehead atoms. The number of rotatable bonds is 7. The highest BCUT2D eigenvalue weighted by molar-refractivity contribution is 5.78. The lowest BCUT2D eigenvalue weighted by Gasteiger charge is -2.32. The van der Waals surface area contributed by atoms with Crippen molar-refractivity contribution in [2.45, 2.75) is 73.4 Å². The van der Waals surface area contributed by atoms with Crippen molar-refractivity contribution in [1.82, 2.24) is 14.5 Å². The van der Waals surface area contributed by atoms with Gasteiger partial charge in [0, 0.05) is 19.5 Å². The van der Waals surface area contributed by atoms with Crippen molar-refractivity contribution in [2.24, 2.45) is 5.41 Å². The third kappa shape index (κ3) is 4.96. The molecule has 1 aromatic carbocycles. The highest BCUT2D eigenvalue weighted by Gasteiger charge is 2.28. The Hall–Kier alpha value is -2.17.